The molecule has 0 aromatic rings. The number of nitriles is 1. The van der Waals surface area contributed by atoms with Crippen molar-refractivity contribution in [2.75, 3.05) is 0 Å². The summed E-state index contributed by atoms with van der Waals surface area (Å²) in [7, 11) is 0. The van der Waals surface area contributed by atoms with Crippen molar-refractivity contribution in [2.45, 2.75) is 65.8 Å². The molecule has 0 aromatic carbocycles. The first-order valence-electron chi connectivity index (χ1n) is 6.61. The van der Waals surface area contributed by atoms with Gasteiger partial charge in [-0.05, 0) is 37.5 Å². The zero-order chi connectivity index (χ0) is 13.1. The summed E-state index contributed by atoms with van der Waals surface area (Å²) < 4.78 is 0. The molecule has 3 nitrogen and oxygen atoms in total. The highest BCUT2D eigenvalue weighted by Crippen LogP contribution is 2.37. The Bertz CT molecular complexity index is 324. The maximum atomic E-state index is 12.2. The van der Waals surface area contributed by atoms with Gasteiger partial charge >= 0.3 is 0 Å². The second kappa shape index (κ2) is 5.08. The van der Waals surface area contributed by atoms with Crippen molar-refractivity contribution in [1.29, 1.82) is 5.26 Å². The van der Waals surface area contributed by atoms with E-state index in [4.69, 9.17) is 0 Å². The lowest BCUT2D eigenvalue weighted by Gasteiger charge is -2.25. The van der Waals surface area contributed by atoms with Gasteiger partial charge in [0.25, 0.3) is 0 Å². The van der Waals surface area contributed by atoms with E-state index in [0.29, 0.717) is 18.3 Å². The number of nitrogens with zero attached hydrogens (tertiary/aromatic N) is 1. The van der Waals surface area contributed by atoms with Crippen LogP contribution in [0.3, 0.4) is 0 Å². The summed E-state index contributed by atoms with van der Waals surface area (Å²) in [6, 6.07) is 2.45. The molecule has 0 saturated heterocycles. The molecule has 0 aliphatic heterocycles. The van der Waals surface area contributed by atoms with E-state index in [1.165, 1.54) is 0 Å². The second-order valence-corrected chi connectivity index (χ2v) is 5.98. The van der Waals surface area contributed by atoms with Crippen LogP contribution in [0.2, 0.25) is 0 Å². The van der Waals surface area contributed by atoms with Crippen molar-refractivity contribution in [2.24, 2.45) is 10.8 Å². The Morgan fingerprint density at radius 1 is 1.47 bits per heavy atom. The monoisotopic (exact) mass is 236 g/mol. The molecule has 1 saturated carbocycles. The molecule has 0 radical (unpaired) electrons. The zero-order valence-electron chi connectivity index (χ0n) is 11.5. The van der Waals surface area contributed by atoms with Crippen LogP contribution in [0.15, 0.2) is 0 Å². The van der Waals surface area contributed by atoms with Crippen LogP contribution in [-0.2, 0) is 4.79 Å². The zero-order valence-corrected chi connectivity index (χ0v) is 11.5. The van der Waals surface area contributed by atoms with Crippen LogP contribution in [0, 0.1) is 22.2 Å². The van der Waals surface area contributed by atoms with E-state index in [1.54, 1.807) is 0 Å². The van der Waals surface area contributed by atoms with Gasteiger partial charge in [0.1, 0.15) is 5.41 Å². The van der Waals surface area contributed by atoms with Crippen molar-refractivity contribution in [1.82, 2.24) is 5.32 Å². The van der Waals surface area contributed by atoms with Crippen LogP contribution in [-0.4, -0.2) is 11.9 Å². The fourth-order valence-corrected chi connectivity index (χ4v) is 2.66. The average Bonchev–Trinajstić information content (AvgIpc) is 2.61. The molecule has 1 aliphatic rings. The van der Waals surface area contributed by atoms with E-state index in [2.05, 4.69) is 25.2 Å². The summed E-state index contributed by atoms with van der Waals surface area (Å²) in [6.45, 7) is 8.28. The maximum absolute atomic E-state index is 12.2. The minimum atomic E-state index is -0.827. The first-order valence-corrected chi connectivity index (χ1v) is 6.61. The first-order chi connectivity index (χ1) is 7.89. The van der Waals surface area contributed by atoms with Crippen LogP contribution < -0.4 is 5.32 Å². The van der Waals surface area contributed by atoms with Gasteiger partial charge < -0.3 is 5.32 Å². The molecule has 0 heterocycles. The van der Waals surface area contributed by atoms with Gasteiger partial charge in [0.05, 0.1) is 6.07 Å². The Morgan fingerprint density at radius 3 is 2.41 bits per heavy atom. The number of carbonyl (C=O) groups is 1. The van der Waals surface area contributed by atoms with Crippen molar-refractivity contribution in [3.8, 4) is 6.07 Å². The van der Waals surface area contributed by atoms with Crippen LogP contribution in [0.1, 0.15) is 59.8 Å². The summed E-state index contributed by atoms with van der Waals surface area (Å²) in [5, 5.41) is 12.3. The minimum absolute atomic E-state index is 0.0762. The van der Waals surface area contributed by atoms with Gasteiger partial charge in [-0.3, -0.25) is 4.79 Å². The lowest BCUT2D eigenvalue weighted by molar-refractivity contribution is -0.129. The highest BCUT2D eigenvalue weighted by Gasteiger charge is 2.38. The van der Waals surface area contributed by atoms with Gasteiger partial charge in [-0.15, -0.1) is 0 Å². The van der Waals surface area contributed by atoms with E-state index < -0.39 is 5.41 Å². The maximum Gasteiger partial charge on any atom is 0.240 e. The number of hydrogen-bond acceptors (Lipinski definition) is 2. The smallest absolute Gasteiger partial charge is 0.240 e. The summed E-state index contributed by atoms with van der Waals surface area (Å²) >= 11 is 0. The molecule has 1 unspecified atom stereocenters. The first kappa shape index (κ1) is 14.0. The van der Waals surface area contributed by atoms with E-state index in [1.807, 2.05) is 13.8 Å². The lowest BCUT2D eigenvalue weighted by Crippen LogP contribution is -2.44. The molecule has 1 amide bonds. The summed E-state index contributed by atoms with van der Waals surface area (Å²) in [6.07, 6.45) is 4.38. The SMILES string of the molecule is CCC(C#N)(CC)C(=O)NC1CCC(C)(C)C1. The van der Waals surface area contributed by atoms with Gasteiger partial charge in [-0.2, -0.15) is 5.26 Å². The quantitative estimate of drug-likeness (QED) is 0.815. The Labute approximate surface area is 105 Å². The van der Waals surface area contributed by atoms with Gasteiger partial charge in [-0.25, -0.2) is 0 Å². The molecular formula is C14H24N2O. The highest BCUT2D eigenvalue weighted by atomic mass is 16.2. The Hall–Kier alpha value is -1.04. The third kappa shape index (κ3) is 3.00. The van der Waals surface area contributed by atoms with Crippen molar-refractivity contribution >= 4 is 5.91 Å². The minimum Gasteiger partial charge on any atom is -0.352 e. The lowest BCUT2D eigenvalue weighted by atomic mass is 9.82. The van der Waals surface area contributed by atoms with E-state index >= 15 is 0 Å². The highest BCUT2D eigenvalue weighted by molar-refractivity contribution is 5.85. The predicted molar refractivity (Wildman–Crippen MR) is 68.2 cm³/mol. The fourth-order valence-electron chi connectivity index (χ4n) is 2.66. The van der Waals surface area contributed by atoms with Crippen LogP contribution >= 0.6 is 0 Å². The van der Waals surface area contributed by atoms with Gasteiger partial charge in [0, 0.05) is 6.04 Å². The van der Waals surface area contributed by atoms with E-state index in [-0.39, 0.29) is 11.9 Å². The average molecular weight is 236 g/mol. The normalized spacial score (nSPS) is 23.1. The number of rotatable bonds is 4. The molecule has 1 atom stereocenters. The molecular weight excluding hydrogens is 212 g/mol. The second-order valence-electron chi connectivity index (χ2n) is 5.98. The Morgan fingerprint density at radius 2 is 2.06 bits per heavy atom. The summed E-state index contributed by atoms with van der Waals surface area (Å²) in [5.41, 5.74) is -0.502. The number of hydrogen-bond donors (Lipinski definition) is 1. The Kier molecular flexibility index (Phi) is 4.19. The van der Waals surface area contributed by atoms with Crippen LogP contribution in [0.25, 0.3) is 0 Å². The van der Waals surface area contributed by atoms with Gasteiger partial charge in [0.2, 0.25) is 5.91 Å². The summed E-state index contributed by atoms with van der Waals surface area (Å²) in [5.74, 6) is -0.0762. The van der Waals surface area contributed by atoms with Crippen molar-refractivity contribution < 1.29 is 4.79 Å². The molecule has 1 aliphatic carbocycles. The third-order valence-electron chi connectivity index (χ3n) is 4.16. The molecule has 0 spiro atoms. The summed E-state index contributed by atoms with van der Waals surface area (Å²) in [4.78, 5) is 12.2. The predicted octanol–water partition coefficient (Wildman–Crippen LogP) is 3.01. The molecule has 1 fully saturated rings. The van der Waals surface area contributed by atoms with Gasteiger partial charge in [0.15, 0.2) is 0 Å². The number of amides is 1. The molecule has 0 bridgehead atoms. The van der Waals surface area contributed by atoms with Crippen molar-refractivity contribution in [3.05, 3.63) is 0 Å². The number of carbonyl (C=O) groups excluding carboxylic acids is 1. The molecule has 96 valence electrons. The Balaban J connectivity index is 2.64. The van der Waals surface area contributed by atoms with Gasteiger partial charge in [-0.1, -0.05) is 27.7 Å². The van der Waals surface area contributed by atoms with E-state index in [0.717, 1.165) is 19.3 Å². The number of nitrogens with one attached hydrogen (secondary N) is 1. The molecule has 1 N–H and O–H groups in total. The molecule has 17 heavy (non-hydrogen) atoms. The van der Waals surface area contributed by atoms with Crippen molar-refractivity contribution in [3.63, 3.8) is 0 Å². The standard InChI is InChI=1S/C14H24N2O/c1-5-14(6-2,10-15)12(17)16-11-7-8-13(3,4)9-11/h11H,5-9H2,1-4H3,(H,16,17). The van der Waals surface area contributed by atoms with E-state index in [9.17, 15) is 10.1 Å². The molecule has 1 rings (SSSR count). The van der Waals surface area contributed by atoms with Crippen LogP contribution in [0.4, 0.5) is 0 Å². The molecule has 3 heteroatoms. The topological polar surface area (TPSA) is 52.9 Å². The molecule has 0 aromatic heterocycles. The third-order valence-corrected chi connectivity index (χ3v) is 4.16. The largest absolute Gasteiger partial charge is 0.352 e. The fraction of sp³-hybridized carbons (Fsp3) is 0.857. The van der Waals surface area contributed by atoms with Crippen LogP contribution in [0.5, 0.6) is 0 Å².